The minimum absolute atomic E-state index is 0.769. The molecule has 108 valence electrons. The van der Waals surface area contributed by atoms with Crippen molar-refractivity contribution < 1.29 is 4.74 Å². The number of anilines is 1. The van der Waals surface area contributed by atoms with Crippen molar-refractivity contribution in [1.29, 1.82) is 0 Å². The molecule has 0 unspecified atom stereocenters. The van der Waals surface area contributed by atoms with Gasteiger partial charge in [0.25, 0.3) is 0 Å². The van der Waals surface area contributed by atoms with E-state index >= 15 is 0 Å². The molecule has 0 aliphatic heterocycles. The Hall–Kier alpha value is -2.94. The van der Waals surface area contributed by atoms with E-state index in [2.05, 4.69) is 23.2 Å². The van der Waals surface area contributed by atoms with E-state index in [1.807, 2.05) is 42.5 Å². The van der Waals surface area contributed by atoms with Gasteiger partial charge in [-0.05, 0) is 35.9 Å². The number of H-pyrrole nitrogens is 1. The lowest BCUT2D eigenvalue weighted by Crippen LogP contribution is -1.87. The molecule has 0 aliphatic carbocycles. The van der Waals surface area contributed by atoms with Crippen molar-refractivity contribution in [3.05, 3.63) is 60.7 Å². The van der Waals surface area contributed by atoms with Gasteiger partial charge in [0.1, 0.15) is 5.75 Å². The molecule has 0 saturated carbocycles. The molecule has 3 N–H and O–H groups in total. The van der Waals surface area contributed by atoms with Gasteiger partial charge >= 0.3 is 0 Å². The van der Waals surface area contributed by atoms with Crippen molar-refractivity contribution in [1.82, 2.24) is 4.98 Å². The number of benzene rings is 3. The maximum absolute atomic E-state index is 5.80. The summed E-state index contributed by atoms with van der Waals surface area (Å²) in [6, 6.07) is 20.3. The van der Waals surface area contributed by atoms with Crippen molar-refractivity contribution in [2.24, 2.45) is 0 Å². The molecule has 0 bridgehead atoms. The molecule has 0 amide bonds. The van der Waals surface area contributed by atoms with Gasteiger partial charge in [-0.2, -0.15) is 0 Å². The minimum atomic E-state index is 0.769. The highest BCUT2D eigenvalue weighted by Gasteiger charge is 2.13. The average Bonchev–Trinajstić information content (AvgIpc) is 2.94. The first-order valence-electron chi connectivity index (χ1n) is 7.21. The molecule has 1 heterocycles. The van der Waals surface area contributed by atoms with Crippen LogP contribution in [0.25, 0.3) is 32.9 Å². The Morgan fingerprint density at radius 2 is 1.68 bits per heavy atom. The molecular weight excluding hydrogens is 272 g/mol. The Labute approximate surface area is 128 Å². The number of ether oxygens (including phenoxy) is 1. The molecule has 0 radical (unpaired) electrons. The first-order chi connectivity index (χ1) is 10.8. The highest BCUT2D eigenvalue weighted by atomic mass is 16.5. The van der Waals surface area contributed by atoms with Crippen LogP contribution in [-0.4, -0.2) is 12.1 Å². The van der Waals surface area contributed by atoms with Crippen molar-refractivity contribution >= 4 is 27.5 Å². The second kappa shape index (κ2) is 4.81. The van der Waals surface area contributed by atoms with E-state index in [1.165, 1.54) is 5.39 Å². The van der Waals surface area contributed by atoms with Gasteiger partial charge in [0.2, 0.25) is 0 Å². The van der Waals surface area contributed by atoms with Gasteiger partial charge in [0.05, 0.1) is 12.6 Å². The van der Waals surface area contributed by atoms with Crippen LogP contribution in [0.15, 0.2) is 60.7 Å². The SMILES string of the molecule is COc1ccc(-c2ccc(N)cc2)c2[nH]c3ccccc3c12. The predicted octanol–water partition coefficient (Wildman–Crippen LogP) is 4.58. The minimum Gasteiger partial charge on any atom is -0.496 e. The Balaban J connectivity index is 2.10. The molecule has 0 aliphatic rings. The molecule has 0 spiro atoms. The van der Waals surface area contributed by atoms with Gasteiger partial charge in [0.15, 0.2) is 0 Å². The lowest BCUT2D eigenvalue weighted by molar-refractivity contribution is 0.420. The van der Waals surface area contributed by atoms with Gasteiger partial charge in [0, 0.05) is 27.5 Å². The van der Waals surface area contributed by atoms with E-state index in [-0.39, 0.29) is 0 Å². The Morgan fingerprint density at radius 3 is 2.45 bits per heavy atom. The summed E-state index contributed by atoms with van der Waals surface area (Å²) in [7, 11) is 1.71. The van der Waals surface area contributed by atoms with Crippen LogP contribution in [0.4, 0.5) is 5.69 Å². The zero-order chi connectivity index (χ0) is 15.1. The summed E-state index contributed by atoms with van der Waals surface area (Å²) < 4.78 is 5.56. The lowest BCUT2D eigenvalue weighted by Gasteiger charge is -2.08. The fourth-order valence-corrected chi connectivity index (χ4v) is 3.00. The number of fused-ring (bicyclic) bond motifs is 3. The number of aromatic nitrogens is 1. The van der Waals surface area contributed by atoms with Crippen LogP contribution in [0.2, 0.25) is 0 Å². The number of rotatable bonds is 2. The maximum Gasteiger partial charge on any atom is 0.128 e. The smallest absolute Gasteiger partial charge is 0.128 e. The van der Waals surface area contributed by atoms with Crippen molar-refractivity contribution in [2.75, 3.05) is 12.8 Å². The van der Waals surface area contributed by atoms with Crippen LogP contribution >= 0.6 is 0 Å². The Morgan fingerprint density at radius 1 is 0.909 bits per heavy atom. The lowest BCUT2D eigenvalue weighted by atomic mass is 10.0. The molecule has 3 nitrogen and oxygen atoms in total. The number of hydrogen-bond acceptors (Lipinski definition) is 2. The quantitative estimate of drug-likeness (QED) is 0.530. The van der Waals surface area contributed by atoms with Crippen LogP contribution in [0.1, 0.15) is 0 Å². The normalized spacial score (nSPS) is 11.1. The van der Waals surface area contributed by atoms with Crippen LogP contribution in [0, 0.1) is 0 Å². The van der Waals surface area contributed by atoms with E-state index < -0.39 is 0 Å². The summed E-state index contributed by atoms with van der Waals surface area (Å²) in [5.74, 6) is 0.881. The van der Waals surface area contributed by atoms with E-state index in [1.54, 1.807) is 7.11 Å². The zero-order valence-corrected chi connectivity index (χ0v) is 12.3. The largest absolute Gasteiger partial charge is 0.496 e. The third kappa shape index (κ3) is 1.83. The van der Waals surface area contributed by atoms with Crippen molar-refractivity contribution in [3.8, 4) is 16.9 Å². The second-order valence-corrected chi connectivity index (χ2v) is 5.36. The summed E-state index contributed by atoms with van der Waals surface area (Å²) >= 11 is 0. The fourth-order valence-electron chi connectivity index (χ4n) is 3.00. The first-order valence-corrected chi connectivity index (χ1v) is 7.21. The fraction of sp³-hybridized carbons (Fsp3) is 0.0526. The molecular formula is C19H16N2O. The van der Waals surface area contributed by atoms with Crippen LogP contribution in [0.5, 0.6) is 5.75 Å². The molecule has 4 rings (SSSR count). The van der Waals surface area contributed by atoms with Gasteiger partial charge in [-0.25, -0.2) is 0 Å². The van der Waals surface area contributed by atoms with Crippen molar-refractivity contribution in [3.63, 3.8) is 0 Å². The maximum atomic E-state index is 5.80. The van der Waals surface area contributed by atoms with E-state index in [4.69, 9.17) is 10.5 Å². The van der Waals surface area contributed by atoms with E-state index in [9.17, 15) is 0 Å². The van der Waals surface area contributed by atoms with Crippen LogP contribution in [0.3, 0.4) is 0 Å². The topological polar surface area (TPSA) is 51.0 Å². The summed E-state index contributed by atoms with van der Waals surface area (Å²) in [6.45, 7) is 0. The predicted molar refractivity (Wildman–Crippen MR) is 92.2 cm³/mol. The number of hydrogen-bond donors (Lipinski definition) is 2. The number of para-hydroxylation sites is 1. The van der Waals surface area contributed by atoms with Crippen LogP contribution < -0.4 is 10.5 Å². The summed E-state index contributed by atoms with van der Waals surface area (Å²) in [4.78, 5) is 3.52. The number of nitrogens with one attached hydrogen (secondary N) is 1. The van der Waals surface area contributed by atoms with E-state index in [0.717, 1.165) is 39.0 Å². The van der Waals surface area contributed by atoms with Crippen LogP contribution in [-0.2, 0) is 0 Å². The first kappa shape index (κ1) is 12.8. The summed E-state index contributed by atoms with van der Waals surface area (Å²) in [5, 5.41) is 2.29. The standard InChI is InChI=1S/C19H16N2O/c1-22-17-11-10-14(12-6-8-13(20)9-7-12)19-18(17)15-4-2-3-5-16(15)21-19/h2-11,21H,20H2,1H3. The number of nitrogens with two attached hydrogens (primary N) is 1. The molecule has 4 aromatic rings. The molecule has 3 heteroatoms. The number of nitrogen functional groups attached to an aromatic ring is 1. The van der Waals surface area contributed by atoms with Crippen molar-refractivity contribution in [2.45, 2.75) is 0 Å². The third-order valence-corrected chi connectivity index (χ3v) is 4.06. The number of methoxy groups -OCH3 is 1. The van der Waals surface area contributed by atoms with Gasteiger partial charge in [-0.1, -0.05) is 30.3 Å². The molecule has 3 aromatic carbocycles. The Kier molecular flexibility index (Phi) is 2.79. The highest BCUT2D eigenvalue weighted by molar-refractivity contribution is 6.14. The average molecular weight is 288 g/mol. The summed E-state index contributed by atoms with van der Waals surface area (Å²) in [6.07, 6.45) is 0. The second-order valence-electron chi connectivity index (χ2n) is 5.36. The van der Waals surface area contributed by atoms with Gasteiger partial charge in [-0.15, -0.1) is 0 Å². The third-order valence-electron chi connectivity index (χ3n) is 4.06. The monoisotopic (exact) mass is 288 g/mol. The molecule has 0 saturated heterocycles. The number of aromatic amines is 1. The zero-order valence-electron chi connectivity index (χ0n) is 12.3. The van der Waals surface area contributed by atoms with Gasteiger partial charge in [-0.3, -0.25) is 0 Å². The molecule has 22 heavy (non-hydrogen) atoms. The highest BCUT2D eigenvalue weighted by Crippen LogP contribution is 2.38. The summed E-state index contributed by atoms with van der Waals surface area (Å²) in [5.41, 5.74) is 11.0. The van der Waals surface area contributed by atoms with E-state index in [0.29, 0.717) is 0 Å². The van der Waals surface area contributed by atoms with Gasteiger partial charge < -0.3 is 15.5 Å². The Bertz CT molecular complexity index is 968. The molecule has 0 atom stereocenters. The molecule has 1 aromatic heterocycles. The molecule has 0 fully saturated rings.